The Bertz CT molecular complexity index is 1050. The van der Waals surface area contributed by atoms with Gasteiger partial charge >= 0.3 is 0 Å². The van der Waals surface area contributed by atoms with Crippen molar-refractivity contribution < 1.29 is 23.4 Å². The number of rotatable bonds is 9. The van der Waals surface area contributed by atoms with Crippen molar-refractivity contribution in [3.05, 3.63) is 54.3 Å². The first-order valence-corrected chi connectivity index (χ1v) is 9.76. The molecule has 0 saturated carbocycles. The first-order chi connectivity index (χ1) is 14.6. The molecule has 1 aromatic heterocycles. The van der Waals surface area contributed by atoms with E-state index in [1.165, 1.54) is 0 Å². The number of methoxy groups -OCH3 is 3. The van der Waals surface area contributed by atoms with Gasteiger partial charge in [0.05, 0.1) is 20.5 Å². The van der Waals surface area contributed by atoms with Crippen LogP contribution in [-0.2, 0) is 9.53 Å². The highest BCUT2D eigenvalue weighted by molar-refractivity contribution is 6.00. The van der Waals surface area contributed by atoms with E-state index >= 15 is 0 Å². The maximum Gasteiger partial charge on any atom is 0.244 e. The van der Waals surface area contributed by atoms with Gasteiger partial charge in [-0.2, -0.15) is 0 Å². The van der Waals surface area contributed by atoms with Gasteiger partial charge in [0.25, 0.3) is 0 Å². The molecular weight excluding hydrogens is 382 g/mol. The minimum Gasteiger partial charge on any atom is -0.497 e. The van der Waals surface area contributed by atoms with Crippen molar-refractivity contribution in [2.75, 3.05) is 34.5 Å². The van der Waals surface area contributed by atoms with E-state index in [4.69, 9.17) is 18.6 Å². The third-order valence-corrected chi connectivity index (χ3v) is 4.87. The predicted octanol–water partition coefficient (Wildman–Crippen LogP) is 4.67. The van der Waals surface area contributed by atoms with E-state index in [1.54, 1.807) is 33.7 Å². The summed E-state index contributed by atoms with van der Waals surface area (Å²) < 4.78 is 21.7. The van der Waals surface area contributed by atoms with Crippen LogP contribution in [0.2, 0.25) is 0 Å². The number of carbonyl (C=O) groups is 1. The lowest BCUT2D eigenvalue weighted by Gasteiger charge is -2.10. The van der Waals surface area contributed by atoms with Crippen LogP contribution in [-0.4, -0.2) is 40.4 Å². The molecular formula is C24H27NO5. The summed E-state index contributed by atoms with van der Waals surface area (Å²) in [5.74, 6) is 1.28. The van der Waals surface area contributed by atoms with Gasteiger partial charge in [-0.1, -0.05) is 12.1 Å². The summed E-state index contributed by atoms with van der Waals surface area (Å²) in [7, 11) is 4.89. The Labute approximate surface area is 176 Å². The van der Waals surface area contributed by atoms with Gasteiger partial charge in [-0.25, -0.2) is 0 Å². The highest BCUT2D eigenvalue weighted by Crippen LogP contribution is 2.38. The molecule has 0 unspecified atom stereocenters. The van der Waals surface area contributed by atoms with E-state index in [2.05, 4.69) is 5.32 Å². The first-order valence-electron chi connectivity index (χ1n) is 9.76. The molecule has 0 saturated heterocycles. The van der Waals surface area contributed by atoms with Crippen molar-refractivity contribution in [3.8, 4) is 22.6 Å². The summed E-state index contributed by atoms with van der Waals surface area (Å²) in [6, 6.07) is 11.7. The molecule has 158 valence electrons. The molecule has 3 aromatic rings. The Hall–Kier alpha value is -3.25. The second-order valence-electron chi connectivity index (χ2n) is 6.89. The van der Waals surface area contributed by atoms with E-state index in [1.807, 2.05) is 43.3 Å². The fraction of sp³-hybridized carbons (Fsp3) is 0.292. The van der Waals surface area contributed by atoms with Crippen LogP contribution in [0.5, 0.6) is 11.5 Å². The third kappa shape index (κ3) is 4.83. The maximum absolute atomic E-state index is 12.3. The van der Waals surface area contributed by atoms with Gasteiger partial charge in [0, 0.05) is 48.9 Å². The molecule has 6 nitrogen and oxygen atoms in total. The zero-order valence-electron chi connectivity index (χ0n) is 17.8. The monoisotopic (exact) mass is 409 g/mol. The van der Waals surface area contributed by atoms with Crippen molar-refractivity contribution in [2.24, 2.45) is 0 Å². The number of fused-ring (bicyclic) bond motifs is 1. The predicted molar refractivity (Wildman–Crippen MR) is 118 cm³/mol. The van der Waals surface area contributed by atoms with Crippen molar-refractivity contribution in [1.29, 1.82) is 0 Å². The third-order valence-electron chi connectivity index (χ3n) is 4.87. The largest absolute Gasteiger partial charge is 0.497 e. The smallest absolute Gasteiger partial charge is 0.244 e. The van der Waals surface area contributed by atoms with Crippen molar-refractivity contribution >= 4 is 22.4 Å². The quantitative estimate of drug-likeness (QED) is 0.411. The molecule has 0 aliphatic carbocycles. The summed E-state index contributed by atoms with van der Waals surface area (Å²) in [4.78, 5) is 12.3. The number of amides is 1. The number of allylic oxidation sites excluding steroid dienone is 1. The molecule has 1 N–H and O–H groups in total. The summed E-state index contributed by atoms with van der Waals surface area (Å²) in [6.45, 7) is 3.07. The van der Waals surface area contributed by atoms with Crippen LogP contribution in [0.1, 0.15) is 18.9 Å². The van der Waals surface area contributed by atoms with Gasteiger partial charge < -0.3 is 23.9 Å². The van der Waals surface area contributed by atoms with Crippen LogP contribution < -0.4 is 14.8 Å². The first kappa shape index (κ1) is 21.5. The van der Waals surface area contributed by atoms with E-state index in [0.29, 0.717) is 24.5 Å². The zero-order chi connectivity index (χ0) is 21.5. The van der Waals surface area contributed by atoms with Gasteiger partial charge in [-0.05, 0) is 42.7 Å². The standard InChI is InChI=1S/C24H27NO5/c1-16(11-24(26)25-9-6-10-27-2)19-13-20-21(15-30-23(20)14-22(19)29-4)17-7-5-8-18(12-17)28-3/h5,7-8,11-15H,6,9-10H2,1-4H3,(H,25,26)/b16-11+. The second-order valence-corrected chi connectivity index (χ2v) is 6.89. The van der Waals surface area contributed by atoms with Gasteiger partial charge in [0.1, 0.15) is 17.1 Å². The number of nitrogens with one attached hydrogen (secondary N) is 1. The van der Waals surface area contributed by atoms with Crippen LogP contribution in [0.3, 0.4) is 0 Å². The Kier molecular flexibility index (Phi) is 7.14. The summed E-state index contributed by atoms with van der Waals surface area (Å²) >= 11 is 0. The lowest BCUT2D eigenvalue weighted by molar-refractivity contribution is -0.116. The van der Waals surface area contributed by atoms with Crippen LogP contribution in [0.15, 0.2) is 53.2 Å². The molecule has 0 bridgehead atoms. The number of carbonyl (C=O) groups excluding carboxylic acids is 1. The molecule has 0 atom stereocenters. The molecule has 0 fully saturated rings. The number of hydrogen-bond donors (Lipinski definition) is 1. The lowest BCUT2D eigenvalue weighted by atomic mass is 9.99. The highest BCUT2D eigenvalue weighted by atomic mass is 16.5. The van der Waals surface area contributed by atoms with Gasteiger partial charge in [0.2, 0.25) is 5.91 Å². The fourth-order valence-corrected chi connectivity index (χ4v) is 3.30. The van der Waals surface area contributed by atoms with Gasteiger partial charge in [0.15, 0.2) is 0 Å². The minimum absolute atomic E-state index is 0.147. The van der Waals surface area contributed by atoms with E-state index in [9.17, 15) is 4.79 Å². The zero-order valence-corrected chi connectivity index (χ0v) is 17.8. The van der Waals surface area contributed by atoms with Crippen LogP contribution in [0, 0.1) is 0 Å². The molecule has 6 heteroatoms. The molecule has 0 spiro atoms. The van der Waals surface area contributed by atoms with Crippen LogP contribution in [0.25, 0.3) is 27.7 Å². The van der Waals surface area contributed by atoms with Gasteiger partial charge in [-0.15, -0.1) is 0 Å². The van der Waals surface area contributed by atoms with E-state index in [-0.39, 0.29) is 5.91 Å². The Morgan fingerprint density at radius 1 is 1.13 bits per heavy atom. The number of furan rings is 1. The lowest BCUT2D eigenvalue weighted by Crippen LogP contribution is -2.23. The van der Waals surface area contributed by atoms with Gasteiger partial charge in [-0.3, -0.25) is 4.79 Å². The Morgan fingerprint density at radius 3 is 2.70 bits per heavy atom. The van der Waals surface area contributed by atoms with Crippen LogP contribution in [0.4, 0.5) is 0 Å². The van der Waals surface area contributed by atoms with Crippen molar-refractivity contribution in [3.63, 3.8) is 0 Å². The topological polar surface area (TPSA) is 69.9 Å². The molecule has 1 amide bonds. The van der Waals surface area contributed by atoms with E-state index in [0.717, 1.165) is 39.8 Å². The summed E-state index contributed by atoms with van der Waals surface area (Å²) in [5.41, 5.74) is 4.29. The average Bonchev–Trinajstić information content (AvgIpc) is 3.18. The molecule has 0 radical (unpaired) electrons. The number of benzene rings is 2. The highest BCUT2D eigenvalue weighted by Gasteiger charge is 2.15. The summed E-state index contributed by atoms with van der Waals surface area (Å²) in [6.07, 6.45) is 4.08. The van der Waals surface area contributed by atoms with Crippen molar-refractivity contribution in [2.45, 2.75) is 13.3 Å². The fourth-order valence-electron chi connectivity index (χ4n) is 3.30. The number of hydrogen-bond acceptors (Lipinski definition) is 5. The molecule has 0 aliphatic rings. The SMILES string of the molecule is COCCCNC(=O)/C=C(\C)c1cc2c(-c3cccc(OC)c3)coc2cc1OC. The van der Waals surface area contributed by atoms with Crippen LogP contribution >= 0.6 is 0 Å². The molecule has 1 heterocycles. The Balaban J connectivity index is 1.95. The molecule has 0 aliphatic heterocycles. The molecule has 3 rings (SSSR count). The second kappa shape index (κ2) is 9.98. The molecule has 2 aromatic carbocycles. The maximum atomic E-state index is 12.3. The van der Waals surface area contributed by atoms with E-state index < -0.39 is 0 Å². The minimum atomic E-state index is -0.147. The normalized spacial score (nSPS) is 11.5. The molecule has 30 heavy (non-hydrogen) atoms. The average molecular weight is 409 g/mol. The van der Waals surface area contributed by atoms with Crippen molar-refractivity contribution in [1.82, 2.24) is 5.32 Å². The Morgan fingerprint density at radius 2 is 1.97 bits per heavy atom. The number of ether oxygens (including phenoxy) is 3. The summed E-state index contributed by atoms with van der Waals surface area (Å²) in [5, 5.41) is 3.81.